The van der Waals surface area contributed by atoms with E-state index in [0.29, 0.717) is 0 Å². The zero-order valence-corrected chi connectivity index (χ0v) is 13.4. The fourth-order valence-electron chi connectivity index (χ4n) is 2.12. The minimum absolute atomic E-state index is 0.785. The van der Waals surface area contributed by atoms with E-state index >= 15 is 0 Å². The van der Waals surface area contributed by atoms with E-state index in [-0.39, 0.29) is 0 Å². The Hall–Kier alpha value is -1.68. The maximum Gasteiger partial charge on any atom is 0.119 e. The smallest absolute Gasteiger partial charge is 0.119 e. The van der Waals surface area contributed by atoms with Gasteiger partial charge in [-0.3, -0.25) is 0 Å². The molecule has 20 heavy (non-hydrogen) atoms. The molecule has 3 nitrogen and oxygen atoms in total. The Morgan fingerprint density at radius 2 is 2.00 bits per heavy atom. The number of benzene rings is 2. The van der Waals surface area contributed by atoms with Gasteiger partial charge in [-0.25, -0.2) is 0 Å². The third-order valence-electron chi connectivity index (χ3n) is 3.27. The maximum atomic E-state index is 6.05. The number of nitrogens with two attached hydrogens (primary N) is 1. The maximum absolute atomic E-state index is 6.05. The average Bonchev–Trinajstić information content (AvgIpc) is 2.45. The minimum atomic E-state index is 0.785. The number of likely N-dealkylation sites (N-methyl/N-ethyl adjacent to an activating group) is 1. The summed E-state index contributed by atoms with van der Waals surface area (Å²) in [6.07, 6.45) is 0.948. The van der Waals surface area contributed by atoms with Gasteiger partial charge in [0, 0.05) is 18.1 Å². The van der Waals surface area contributed by atoms with Crippen LogP contribution in [0.1, 0.15) is 5.56 Å². The lowest BCUT2D eigenvalue weighted by molar-refractivity contribution is 0.414. The molecule has 4 heteroatoms. The number of hydrogen-bond acceptors (Lipinski definition) is 3. The van der Waals surface area contributed by atoms with Gasteiger partial charge in [0.2, 0.25) is 0 Å². The van der Waals surface area contributed by atoms with E-state index in [0.717, 1.165) is 34.6 Å². The zero-order chi connectivity index (χ0) is 14.5. The van der Waals surface area contributed by atoms with Crippen LogP contribution in [0, 0.1) is 0 Å². The quantitative estimate of drug-likeness (QED) is 0.847. The Morgan fingerprint density at radius 3 is 2.70 bits per heavy atom. The third-order valence-corrected chi connectivity index (χ3v) is 3.76. The largest absolute Gasteiger partial charge is 0.497 e. The second-order valence-corrected chi connectivity index (χ2v) is 5.64. The summed E-state index contributed by atoms with van der Waals surface area (Å²) < 4.78 is 6.24. The number of methoxy groups -OCH3 is 1. The van der Waals surface area contributed by atoms with Crippen molar-refractivity contribution in [2.45, 2.75) is 6.42 Å². The first-order valence-electron chi connectivity index (χ1n) is 6.49. The van der Waals surface area contributed by atoms with E-state index in [9.17, 15) is 0 Å². The second-order valence-electron chi connectivity index (χ2n) is 4.73. The van der Waals surface area contributed by atoms with Gasteiger partial charge in [0.1, 0.15) is 5.75 Å². The van der Waals surface area contributed by atoms with Gasteiger partial charge in [0.15, 0.2) is 0 Å². The van der Waals surface area contributed by atoms with E-state index in [4.69, 9.17) is 10.5 Å². The molecule has 0 aromatic heterocycles. The molecule has 0 saturated carbocycles. The van der Waals surface area contributed by atoms with E-state index in [1.165, 1.54) is 5.56 Å². The topological polar surface area (TPSA) is 38.5 Å². The molecule has 2 aromatic rings. The first-order chi connectivity index (χ1) is 9.60. The van der Waals surface area contributed by atoms with E-state index in [1.54, 1.807) is 7.11 Å². The summed E-state index contributed by atoms with van der Waals surface area (Å²) in [5.74, 6) is 0.897. The molecule has 0 fully saturated rings. The number of hydrogen-bond donors (Lipinski definition) is 1. The average molecular weight is 335 g/mol. The Balaban J connectivity index is 2.02. The minimum Gasteiger partial charge on any atom is -0.497 e. The molecule has 0 aliphatic rings. The normalized spacial score (nSPS) is 10.3. The molecule has 2 aromatic carbocycles. The molecule has 0 radical (unpaired) electrons. The van der Waals surface area contributed by atoms with Crippen LogP contribution >= 0.6 is 15.9 Å². The zero-order valence-electron chi connectivity index (χ0n) is 11.8. The summed E-state index contributed by atoms with van der Waals surface area (Å²) in [6, 6.07) is 14.1. The van der Waals surface area contributed by atoms with Gasteiger partial charge in [-0.2, -0.15) is 0 Å². The molecule has 106 valence electrons. The van der Waals surface area contributed by atoms with E-state index in [2.05, 4.69) is 40.0 Å². The number of anilines is 2. The van der Waals surface area contributed by atoms with E-state index in [1.807, 2.05) is 30.3 Å². The highest BCUT2D eigenvalue weighted by Gasteiger charge is 2.06. The van der Waals surface area contributed by atoms with Crippen LogP contribution < -0.4 is 15.4 Å². The molecule has 0 spiro atoms. The van der Waals surface area contributed by atoms with Crippen LogP contribution in [-0.2, 0) is 6.42 Å². The molecular formula is C16H19BrN2O. The van der Waals surface area contributed by atoms with Crippen LogP contribution in [0.25, 0.3) is 0 Å². The van der Waals surface area contributed by atoms with Crippen LogP contribution in [0.2, 0.25) is 0 Å². The summed E-state index contributed by atoms with van der Waals surface area (Å²) in [6.45, 7) is 0.902. The predicted octanol–water partition coefficient (Wildman–Crippen LogP) is 3.72. The molecule has 0 amide bonds. The standard InChI is InChI=1S/C16H19BrN2O/c1-19(16-7-6-13(17)11-15(16)18)9-8-12-4-3-5-14(10-12)20-2/h3-7,10-11H,8-9,18H2,1-2H3. The molecule has 2 rings (SSSR count). The summed E-state index contributed by atoms with van der Waals surface area (Å²) in [7, 11) is 3.74. The van der Waals surface area contributed by atoms with Crippen molar-refractivity contribution >= 4 is 27.3 Å². The molecule has 0 saturated heterocycles. The Bertz CT molecular complexity index is 586. The molecule has 0 atom stereocenters. The second kappa shape index (κ2) is 6.66. The fraction of sp³-hybridized carbons (Fsp3) is 0.250. The molecular weight excluding hydrogens is 316 g/mol. The number of nitrogens with zero attached hydrogens (tertiary/aromatic N) is 1. The van der Waals surface area contributed by atoms with Crippen molar-refractivity contribution in [3.8, 4) is 5.75 Å². The van der Waals surface area contributed by atoms with Crippen molar-refractivity contribution in [2.24, 2.45) is 0 Å². The molecule has 0 aliphatic heterocycles. The van der Waals surface area contributed by atoms with Crippen molar-refractivity contribution < 1.29 is 4.74 Å². The van der Waals surface area contributed by atoms with Gasteiger partial charge in [-0.1, -0.05) is 28.1 Å². The van der Waals surface area contributed by atoms with Gasteiger partial charge >= 0.3 is 0 Å². The van der Waals surface area contributed by atoms with Crippen LogP contribution in [0.15, 0.2) is 46.9 Å². The number of ether oxygens (including phenoxy) is 1. The molecule has 0 heterocycles. The Labute approximate surface area is 128 Å². The summed E-state index contributed by atoms with van der Waals surface area (Å²) >= 11 is 3.42. The van der Waals surface area contributed by atoms with Gasteiger partial charge in [0.05, 0.1) is 18.5 Å². The van der Waals surface area contributed by atoms with Gasteiger partial charge in [0.25, 0.3) is 0 Å². The predicted molar refractivity (Wildman–Crippen MR) is 88.5 cm³/mol. The summed E-state index contributed by atoms with van der Waals surface area (Å²) in [5, 5.41) is 0. The van der Waals surface area contributed by atoms with Gasteiger partial charge in [-0.15, -0.1) is 0 Å². The van der Waals surface area contributed by atoms with Crippen LogP contribution in [-0.4, -0.2) is 20.7 Å². The highest BCUT2D eigenvalue weighted by Crippen LogP contribution is 2.26. The highest BCUT2D eigenvalue weighted by molar-refractivity contribution is 9.10. The summed E-state index contributed by atoms with van der Waals surface area (Å²) in [5.41, 5.74) is 9.14. The number of rotatable bonds is 5. The lowest BCUT2D eigenvalue weighted by atomic mass is 10.1. The monoisotopic (exact) mass is 334 g/mol. The van der Waals surface area contributed by atoms with E-state index < -0.39 is 0 Å². The van der Waals surface area contributed by atoms with Gasteiger partial charge < -0.3 is 15.4 Å². The highest BCUT2D eigenvalue weighted by atomic mass is 79.9. The van der Waals surface area contributed by atoms with Crippen molar-refractivity contribution in [3.63, 3.8) is 0 Å². The van der Waals surface area contributed by atoms with Crippen LogP contribution in [0.5, 0.6) is 5.75 Å². The third kappa shape index (κ3) is 3.67. The number of halogens is 1. The van der Waals surface area contributed by atoms with Crippen LogP contribution in [0.3, 0.4) is 0 Å². The van der Waals surface area contributed by atoms with Crippen molar-refractivity contribution in [3.05, 3.63) is 52.5 Å². The molecule has 2 N–H and O–H groups in total. The van der Waals surface area contributed by atoms with Crippen molar-refractivity contribution in [1.29, 1.82) is 0 Å². The first-order valence-corrected chi connectivity index (χ1v) is 7.28. The lowest BCUT2D eigenvalue weighted by Crippen LogP contribution is -2.21. The van der Waals surface area contributed by atoms with Gasteiger partial charge in [-0.05, 0) is 42.3 Å². The molecule has 0 unspecified atom stereocenters. The lowest BCUT2D eigenvalue weighted by Gasteiger charge is -2.21. The Morgan fingerprint density at radius 1 is 1.20 bits per heavy atom. The van der Waals surface area contributed by atoms with Crippen molar-refractivity contribution in [1.82, 2.24) is 0 Å². The SMILES string of the molecule is COc1cccc(CCN(C)c2ccc(Br)cc2N)c1. The Kier molecular flexibility index (Phi) is 4.90. The summed E-state index contributed by atoms with van der Waals surface area (Å²) in [4.78, 5) is 2.17. The fourth-order valence-corrected chi connectivity index (χ4v) is 2.50. The van der Waals surface area contributed by atoms with Crippen LogP contribution in [0.4, 0.5) is 11.4 Å². The molecule has 0 bridgehead atoms. The molecule has 0 aliphatic carbocycles. The first kappa shape index (κ1) is 14.7. The van der Waals surface area contributed by atoms with Crippen molar-refractivity contribution in [2.75, 3.05) is 31.3 Å². The number of nitrogen functional groups attached to an aromatic ring is 1.